The van der Waals surface area contributed by atoms with Crippen LogP contribution < -0.4 is 9.62 Å². The van der Waals surface area contributed by atoms with Crippen LogP contribution in [-0.4, -0.2) is 32.9 Å². The van der Waals surface area contributed by atoms with E-state index in [1.165, 1.54) is 4.31 Å². The molecule has 7 nitrogen and oxygen atoms in total. The number of carbonyl (C=O) groups is 2. The molecular weight excluding hydrogens is 452 g/mol. The van der Waals surface area contributed by atoms with Gasteiger partial charge in [-0.25, -0.2) is 8.42 Å². The first-order valence-electron chi connectivity index (χ1n) is 11.1. The maximum Gasteiger partial charge on any atom is 0.310 e. The molecule has 0 aliphatic carbocycles. The van der Waals surface area contributed by atoms with Gasteiger partial charge in [0, 0.05) is 17.3 Å². The average molecular weight is 479 g/mol. The largest absolute Gasteiger partial charge is 0.466 e. The van der Waals surface area contributed by atoms with E-state index < -0.39 is 10.0 Å². The Labute approximate surface area is 199 Å². The van der Waals surface area contributed by atoms with Crippen LogP contribution in [-0.2, 0) is 32.4 Å². The van der Waals surface area contributed by atoms with Gasteiger partial charge in [0.2, 0.25) is 0 Å². The van der Waals surface area contributed by atoms with E-state index in [2.05, 4.69) is 5.32 Å². The second-order valence-corrected chi connectivity index (χ2v) is 9.96. The van der Waals surface area contributed by atoms with Gasteiger partial charge in [0.05, 0.1) is 23.6 Å². The molecule has 176 valence electrons. The summed E-state index contributed by atoms with van der Waals surface area (Å²) < 4.78 is 32.8. The minimum atomic E-state index is -3.70. The second-order valence-electron chi connectivity index (χ2n) is 8.14. The molecule has 1 aliphatic rings. The maximum atomic E-state index is 13.2. The number of rotatable bonds is 7. The van der Waals surface area contributed by atoms with E-state index in [1.807, 2.05) is 6.92 Å². The van der Waals surface area contributed by atoms with Crippen molar-refractivity contribution in [3.63, 3.8) is 0 Å². The minimum Gasteiger partial charge on any atom is -0.466 e. The lowest BCUT2D eigenvalue weighted by Crippen LogP contribution is -2.35. The third-order valence-electron chi connectivity index (χ3n) is 5.66. The molecule has 0 saturated heterocycles. The van der Waals surface area contributed by atoms with Crippen LogP contribution in [0.1, 0.15) is 35.3 Å². The molecule has 1 amide bonds. The Hall–Kier alpha value is -3.65. The number of sulfonamides is 1. The topological polar surface area (TPSA) is 92.8 Å². The van der Waals surface area contributed by atoms with Gasteiger partial charge >= 0.3 is 5.97 Å². The third-order valence-corrected chi connectivity index (χ3v) is 7.60. The predicted molar refractivity (Wildman–Crippen MR) is 130 cm³/mol. The Balaban J connectivity index is 1.50. The Bertz CT molecular complexity index is 1300. The van der Waals surface area contributed by atoms with Gasteiger partial charge in [-0.05, 0) is 73.9 Å². The number of benzene rings is 3. The lowest BCUT2D eigenvalue weighted by Gasteiger charge is -2.24. The molecule has 4 rings (SSSR count). The summed E-state index contributed by atoms with van der Waals surface area (Å²) in [5.74, 6) is -0.590. The highest BCUT2D eigenvalue weighted by Crippen LogP contribution is 2.37. The number of carbonyl (C=O) groups excluding carboxylic acids is 2. The van der Waals surface area contributed by atoms with Gasteiger partial charge in [-0.2, -0.15) is 0 Å². The Kier molecular flexibility index (Phi) is 6.70. The Morgan fingerprint density at radius 2 is 1.74 bits per heavy atom. The number of ether oxygens (including phenoxy) is 1. The normalized spacial score (nSPS) is 15.0. The number of nitrogens with zero attached hydrogens (tertiary/aromatic N) is 1. The van der Waals surface area contributed by atoms with Gasteiger partial charge in [0.15, 0.2) is 0 Å². The fraction of sp³-hybridized carbons (Fsp3) is 0.231. The summed E-state index contributed by atoms with van der Waals surface area (Å²) in [5.41, 5.74) is 3.24. The molecule has 1 N–H and O–H groups in total. The van der Waals surface area contributed by atoms with Crippen molar-refractivity contribution < 1.29 is 22.7 Å². The van der Waals surface area contributed by atoms with Crippen molar-refractivity contribution in [3.05, 3.63) is 89.5 Å². The Morgan fingerprint density at radius 1 is 1.03 bits per heavy atom. The summed E-state index contributed by atoms with van der Waals surface area (Å²) in [6.07, 6.45) is 0.693. The van der Waals surface area contributed by atoms with Crippen molar-refractivity contribution >= 4 is 33.3 Å². The molecular formula is C26H26N2O5S. The van der Waals surface area contributed by atoms with Crippen molar-refractivity contribution in [2.75, 3.05) is 16.2 Å². The number of fused-ring (bicyclic) bond motifs is 1. The van der Waals surface area contributed by atoms with Gasteiger partial charge in [-0.1, -0.05) is 30.3 Å². The van der Waals surface area contributed by atoms with Crippen LogP contribution in [0.25, 0.3) is 0 Å². The molecule has 34 heavy (non-hydrogen) atoms. The van der Waals surface area contributed by atoms with Crippen LogP contribution in [0.2, 0.25) is 0 Å². The molecule has 1 unspecified atom stereocenters. The molecule has 1 heterocycles. The van der Waals surface area contributed by atoms with Crippen molar-refractivity contribution in [2.24, 2.45) is 0 Å². The highest BCUT2D eigenvalue weighted by molar-refractivity contribution is 7.92. The first-order chi connectivity index (χ1) is 16.3. The van der Waals surface area contributed by atoms with E-state index in [1.54, 1.807) is 79.7 Å². The summed E-state index contributed by atoms with van der Waals surface area (Å²) in [6.45, 7) is 3.95. The van der Waals surface area contributed by atoms with Crippen LogP contribution in [0.3, 0.4) is 0 Å². The number of esters is 1. The van der Waals surface area contributed by atoms with Gasteiger partial charge in [-0.3, -0.25) is 13.9 Å². The minimum absolute atomic E-state index is 0.174. The van der Waals surface area contributed by atoms with Crippen LogP contribution in [0.4, 0.5) is 11.4 Å². The van der Waals surface area contributed by atoms with Crippen LogP contribution in [0.15, 0.2) is 77.7 Å². The molecule has 0 spiro atoms. The van der Waals surface area contributed by atoms with E-state index in [0.29, 0.717) is 30.0 Å². The predicted octanol–water partition coefficient (Wildman–Crippen LogP) is 4.18. The summed E-state index contributed by atoms with van der Waals surface area (Å²) in [5, 5.41) is 2.85. The zero-order chi connectivity index (χ0) is 24.3. The summed E-state index contributed by atoms with van der Waals surface area (Å²) in [4.78, 5) is 24.7. The fourth-order valence-corrected chi connectivity index (χ4v) is 5.82. The molecule has 8 heteroatoms. The average Bonchev–Trinajstić information content (AvgIpc) is 3.16. The number of hydrogen-bond donors (Lipinski definition) is 1. The number of anilines is 2. The number of nitrogens with one attached hydrogen (secondary N) is 1. The summed E-state index contributed by atoms with van der Waals surface area (Å²) in [6, 6.07) is 20.2. The second kappa shape index (κ2) is 9.69. The first kappa shape index (κ1) is 23.5. The number of hydrogen-bond acceptors (Lipinski definition) is 5. The summed E-state index contributed by atoms with van der Waals surface area (Å²) >= 11 is 0. The van der Waals surface area contributed by atoms with Gasteiger partial charge in [-0.15, -0.1) is 0 Å². The molecule has 0 bridgehead atoms. The van der Waals surface area contributed by atoms with Crippen molar-refractivity contribution in [2.45, 2.75) is 37.6 Å². The molecule has 0 saturated carbocycles. The SMILES string of the molecule is CCOC(=O)Cc1ccc(NC(=O)c2ccc3c(c2)CC(C)N3S(=O)(=O)c2ccccc2)cc1. The smallest absolute Gasteiger partial charge is 0.310 e. The fourth-order valence-electron chi connectivity index (χ4n) is 4.10. The molecule has 3 aromatic carbocycles. The quantitative estimate of drug-likeness (QED) is 0.514. The van der Waals surface area contributed by atoms with Crippen molar-refractivity contribution in [3.8, 4) is 0 Å². The van der Waals surface area contributed by atoms with E-state index in [0.717, 1.165) is 11.1 Å². The van der Waals surface area contributed by atoms with Gasteiger partial charge < -0.3 is 10.1 Å². The molecule has 0 radical (unpaired) electrons. The molecule has 3 aromatic rings. The lowest BCUT2D eigenvalue weighted by atomic mass is 10.1. The lowest BCUT2D eigenvalue weighted by molar-refractivity contribution is -0.142. The zero-order valence-electron chi connectivity index (χ0n) is 19.0. The maximum absolute atomic E-state index is 13.2. The van der Waals surface area contributed by atoms with E-state index in [4.69, 9.17) is 4.74 Å². The van der Waals surface area contributed by atoms with Gasteiger partial charge in [0.25, 0.3) is 15.9 Å². The van der Waals surface area contributed by atoms with Crippen LogP contribution >= 0.6 is 0 Å². The first-order valence-corrected chi connectivity index (χ1v) is 12.5. The number of amides is 1. The Morgan fingerprint density at radius 3 is 2.41 bits per heavy atom. The third kappa shape index (κ3) is 4.82. The van der Waals surface area contributed by atoms with Crippen LogP contribution in [0, 0.1) is 0 Å². The van der Waals surface area contributed by atoms with E-state index in [9.17, 15) is 18.0 Å². The summed E-state index contributed by atoms with van der Waals surface area (Å²) in [7, 11) is -3.70. The highest BCUT2D eigenvalue weighted by Gasteiger charge is 2.36. The molecule has 1 aliphatic heterocycles. The van der Waals surface area contributed by atoms with E-state index in [-0.39, 0.29) is 29.2 Å². The van der Waals surface area contributed by atoms with Crippen molar-refractivity contribution in [1.82, 2.24) is 0 Å². The zero-order valence-corrected chi connectivity index (χ0v) is 19.8. The monoisotopic (exact) mass is 478 g/mol. The molecule has 0 fully saturated rings. The highest BCUT2D eigenvalue weighted by atomic mass is 32.2. The molecule has 0 aromatic heterocycles. The van der Waals surface area contributed by atoms with Crippen molar-refractivity contribution in [1.29, 1.82) is 0 Å². The van der Waals surface area contributed by atoms with Gasteiger partial charge in [0.1, 0.15) is 0 Å². The standard InChI is InChI=1S/C26H26N2O5S/c1-3-33-25(29)16-19-9-12-22(13-10-19)27-26(30)20-11-14-24-21(17-20)15-18(2)28(24)34(31,32)23-7-5-4-6-8-23/h4-14,17-18H,3,15-16H2,1-2H3,(H,27,30). The van der Waals surface area contributed by atoms with Crippen LogP contribution in [0.5, 0.6) is 0 Å². The van der Waals surface area contributed by atoms with E-state index >= 15 is 0 Å². The molecule has 1 atom stereocenters.